The van der Waals surface area contributed by atoms with Gasteiger partial charge in [-0.15, -0.1) is 11.3 Å². The summed E-state index contributed by atoms with van der Waals surface area (Å²) in [5, 5.41) is 2.67. The summed E-state index contributed by atoms with van der Waals surface area (Å²) >= 11 is 12.9. The number of aryl methyl sites for hydroxylation is 1. The molecule has 0 aliphatic carbocycles. The Hall–Kier alpha value is -1.96. The van der Waals surface area contributed by atoms with Gasteiger partial charge in [0.05, 0.1) is 28.0 Å². The Morgan fingerprint density at radius 2 is 2.00 bits per heavy atom. The fourth-order valence-corrected chi connectivity index (χ4v) is 3.25. The van der Waals surface area contributed by atoms with E-state index in [4.69, 9.17) is 23.2 Å². The fourth-order valence-electron chi connectivity index (χ4n) is 1.79. The lowest BCUT2D eigenvalue weighted by molar-refractivity contribution is 0.102. The van der Waals surface area contributed by atoms with Crippen LogP contribution in [0.2, 0.25) is 8.67 Å². The van der Waals surface area contributed by atoms with Gasteiger partial charge in [-0.2, -0.15) is 0 Å². The van der Waals surface area contributed by atoms with E-state index >= 15 is 0 Å². The second kappa shape index (κ2) is 6.04. The number of halogens is 2. The van der Waals surface area contributed by atoms with Crippen molar-refractivity contribution in [2.75, 3.05) is 5.32 Å². The number of rotatable bonds is 3. The highest BCUT2D eigenvalue weighted by Crippen LogP contribution is 2.31. The molecule has 0 aliphatic heterocycles. The first-order chi connectivity index (χ1) is 10.5. The molecule has 0 fully saturated rings. The van der Waals surface area contributed by atoms with Gasteiger partial charge in [0.2, 0.25) is 5.95 Å². The average molecular weight is 354 g/mol. The Morgan fingerprint density at radius 1 is 1.27 bits per heavy atom. The van der Waals surface area contributed by atoms with Crippen molar-refractivity contribution in [2.45, 2.75) is 6.92 Å². The van der Waals surface area contributed by atoms with Crippen molar-refractivity contribution < 1.29 is 4.79 Å². The number of carbonyl (C=O) groups excluding carboxylic acids is 1. The Balaban J connectivity index is 1.78. The highest BCUT2D eigenvalue weighted by atomic mass is 35.5. The van der Waals surface area contributed by atoms with Crippen molar-refractivity contribution in [1.29, 1.82) is 0 Å². The number of carbonyl (C=O) groups is 1. The molecule has 1 amide bonds. The number of nitrogens with zero attached hydrogens (tertiary/aromatic N) is 4. The summed E-state index contributed by atoms with van der Waals surface area (Å²) in [4.78, 5) is 24.6. The van der Waals surface area contributed by atoms with Gasteiger partial charge in [0.15, 0.2) is 0 Å². The summed E-state index contributed by atoms with van der Waals surface area (Å²) in [5.74, 6) is 0.893. The Morgan fingerprint density at radius 3 is 2.55 bits per heavy atom. The van der Waals surface area contributed by atoms with Crippen LogP contribution in [0.5, 0.6) is 0 Å². The number of aromatic nitrogens is 4. The predicted octanol–water partition coefficient (Wildman–Crippen LogP) is 3.59. The number of anilines is 1. The molecule has 0 spiro atoms. The zero-order chi connectivity index (χ0) is 15.7. The van der Waals surface area contributed by atoms with Crippen molar-refractivity contribution in [3.63, 3.8) is 0 Å². The third-order valence-electron chi connectivity index (χ3n) is 2.84. The molecule has 0 bridgehead atoms. The van der Waals surface area contributed by atoms with Crippen LogP contribution in [-0.4, -0.2) is 25.4 Å². The molecule has 22 heavy (non-hydrogen) atoms. The second-order valence-electron chi connectivity index (χ2n) is 4.31. The first-order valence-electron chi connectivity index (χ1n) is 6.13. The monoisotopic (exact) mass is 353 g/mol. The summed E-state index contributed by atoms with van der Waals surface area (Å²) in [6.07, 6.45) is 6.45. The quantitative estimate of drug-likeness (QED) is 0.780. The normalized spacial score (nSPS) is 10.7. The number of imidazole rings is 1. The van der Waals surface area contributed by atoms with Gasteiger partial charge in [0.25, 0.3) is 5.91 Å². The molecule has 0 unspecified atom stereocenters. The van der Waals surface area contributed by atoms with Crippen LogP contribution in [0, 0.1) is 6.92 Å². The molecule has 3 aromatic rings. The number of hydrogen-bond donors (Lipinski definition) is 1. The molecular weight excluding hydrogens is 345 g/mol. The van der Waals surface area contributed by atoms with Crippen molar-refractivity contribution >= 4 is 46.1 Å². The molecule has 112 valence electrons. The minimum atomic E-state index is -0.358. The Kier molecular flexibility index (Phi) is 4.10. The van der Waals surface area contributed by atoms with Gasteiger partial charge in [-0.25, -0.2) is 15.0 Å². The second-order valence-corrected chi connectivity index (χ2v) is 6.59. The van der Waals surface area contributed by atoms with Crippen LogP contribution >= 0.6 is 34.5 Å². The van der Waals surface area contributed by atoms with Gasteiger partial charge >= 0.3 is 0 Å². The van der Waals surface area contributed by atoms with E-state index in [1.165, 1.54) is 18.5 Å². The van der Waals surface area contributed by atoms with Crippen LogP contribution in [0.3, 0.4) is 0 Å². The highest BCUT2D eigenvalue weighted by molar-refractivity contribution is 7.20. The molecule has 0 atom stereocenters. The van der Waals surface area contributed by atoms with E-state index in [0.717, 1.165) is 17.2 Å². The van der Waals surface area contributed by atoms with Gasteiger partial charge in [0, 0.05) is 12.4 Å². The zero-order valence-electron chi connectivity index (χ0n) is 11.2. The number of amides is 1. The van der Waals surface area contributed by atoms with E-state index < -0.39 is 0 Å². The minimum absolute atomic E-state index is 0.325. The molecule has 1 N–H and O–H groups in total. The summed E-state index contributed by atoms with van der Waals surface area (Å²) in [6, 6.07) is 1.52. The minimum Gasteiger partial charge on any atom is -0.319 e. The molecule has 3 rings (SSSR count). The molecule has 0 radical (unpaired) electrons. The topological polar surface area (TPSA) is 72.7 Å². The SMILES string of the molecule is Cc1nccn1-c1ncc(NC(=O)c2cc(Cl)sc2Cl)cn1. The molecule has 0 saturated carbocycles. The summed E-state index contributed by atoms with van der Waals surface area (Å²) in [7, 11) is 0. The number of thiophene rings is 1. The average Bonchev–Trinajstić information content (AvgIpc) is 3.05. The molecule has 0 saturated heterocycles. The molecule has 3 heterocycles. The van der Waals surface area contributed by atoms with Gasteiger partial charge in [-0.1, -0.05) is 23.2 Å². The van der Waals surface area contributed by atoms with E-state index in [9.17, 15) is 4.79 Å². The van der Waals surface area contributed by atoms with Gasteiger partial charge < -0.3 is 5.32 Å². The van der Waals surface area contributed by atoms with Crippen molar-refractivity contribution in [1.82, 2.24) is 19.5 Å². The fraction of sp³-hybridized carbons (Fsp3) is 0.0769. The van der Waals surface area contributed by atoms with E-state index in [-0.39, 0.29) is 5.91 Å². The molecular formula is C13H9Cl2N5OS. The molecule has 3 aromatic heterocycles. The summed E-state index contributed by atoms with van der Waals surface area (Å²) in [6.45, 7) is 1.85. The van der Waals surface area contributed by atoms with E-state index in [1.54, 1.807) is 17.0 Å². The first kappa shape index (κ1) is 15.0. The summed E-state index contributed by atoms with van der Waals surface area (Å²) < 4.78 is 2.53. The highest BCUT2D eigenvalue weighted by Gasteiger charge is 2.14. The number of nitrogens with one attached hydrogen (secondary N) is 1. The standard InChI is InChI=1S/C13H9Cl2N5OS/c1-7-16-2-3-20(7)13-17-5-8(6-18-13)19-12(21)9-4-10(14)22-11(9)15/h2-6H,1H3,(H,19,21). The van der Waals surface area contributed by atoms with E-state index in [1.807, 2.05) is 6.92 Å². The third kappa shape index (κ3) is 2.96. The molecule has 9 heteroatoms. The van der Waals surface area contributed by atoms with Crippen LogP contribution in [-0.2, 0) is 0 Å². The lowest BCUT2D eigenvalue weighted by atomic mass is 10.3. The lowest BCUT2D eigenvalue weighted by Crippen LogP contribution is -2.12. The van der Waals surface area contributed by atoms with Gasteiger partial charge in [0.1, 0.15) is 10.2 Å². The van der Waals surface area contributed by atoms with Crippen molar-refractivity contribution in [2.24, 2.45) is 0 Å². The maximum absolute atomic E-state index is 12.1. The van der Waals surface area contributed by atoms with Gasteiger partial charge in [-0.3, -0.25) is 9.36 Å². The molecule has 0 aliphatic rings. The molecule has 6 nitrogen and oxygen atoms in total. The first-order valence-corrected chi connectivity index (χ1v) is 7.70. The van der Waals surface area contributed by atoms with E-state index in [2.05, 4.69) is 20.3 Å². The van der Waals surface area contributed by atoms with Crippen molar-refractivity contribution in [3.8, 4) is 5.95 Å². The lowest BCUT2D eigenvalue weighted by Gasteiger charge is -2.06. The smallest absolute Gasteiger partial charge is 0.258 e. The van der Waals surface area contributed by atoms with Crippen LogP contribution < -0.4 is 5.32 Å². The Bertz CT molecular complexity index is 827. The van der Waals surface area contributed by atoms with Crippen LogP contribution in [0.1, 0.15) is 16.2 Å². The largest absolute Gasteiger partial charge is 0.319 e. The van der Waals surface area contributed by atoms with Gasteiger partial charge in [-0.05, 0) is 13.0 Å². The predicted molar refractivity (Wildman–Crippen MR) is 86.2 cm³/mol. The van der Waals surface area contributed by atoms with E-state index in [0.29, 0.717) is 25.9 Å². The third-order valence-corrected chi connectivity index (χ3v) is 4.33. The Labute approximate surface area is 139 Å². The van der Waals surface area contributed by atoms with Crippen LogP contribution in [0.15, 0.2) is 30.9 Å². The maximum Gasteiger partial charge on any atom is 0.258 e. The van der Waals surface area contributed by atoms with Crippen LogP contribution in [0.25, 0.3) is 5.95 Å². The maximum atomic E-state index is 12.1. The summed E-state index contributed by atoms with van der Waals surface area (Å²) in [5.41, 5.74) is 0.788. The zero-order valence-corrected chi connectivity index (χ0v) is 13.6. The molecule has 0 aromatic carbocycles. The van der Waals surface area contributed by atoms with Crippen molar-refractivity contribution in [3.05, 3.63) is 50.9 Å². The number of hydrogen-bond acceptors (Lipinski definition) is 5. The van der Waals surface area contributed by atoms with Crippen LogP contribution in [0.4, 0.5) is 5.69 Å².